The predicted molar refractivity (Wildman–Crippen MR) is 82.6 cm³/mol. The van der Waals surface area contributed by atoms with Crippen LogP contribution in [0.15, 0.2) is 0 Å². The summed E-state index contributed by atoms with van der Waals surface area (Å²) < 4.78 is 5.79. The van der Waals surface area contributed by atoms with Crippen LogP contribution in [0.5, 0.6) is 0 Å². The molecular formula is C16H34N2O. The lowest BCUT2D eigenvalue weighted by atomic mass is 10.1. The molecule has 0 amide bonds. The van der Waals surface area contributed by atoms with Crippen LogP contribution in [-0.2, 0) is 4.74 Å². The number of rotatable bonds is 10. The van der Waals surface area contributed by atoms with Crippen LogP contribution in [0.2, 0.25) is 0 Å². The van der Waals surface area contributed by atoms with Crippen LogP contribution in [0.3, 0.4) is 0 Å². The van der Waals surface area contributed by atoms with Gasteiger partial charge in [0.1, 0.15) is 0 Å². The molecule has 0 saturated carbocycles. The van der Waals surface area contributed by atoms with Gasteiger partial charge in [0.05, 0.1) is 6.10 Å². The lowest BCUT2D eigenvalue weighted by molar-refractivity contribution is 0.0568. The van der Waals surface area contributed by atoms with Crippen LogP contribution >= 0.6 is 0 Å². The zero-order chi connectivity index (χ0) is 14.1. The molecule has 114 valence electrons. The van der Waals surface area contributed by atoms with Crippen LogP contribution in [0.4, 0.5) is 0 Å². The largest absolute Gasteiger partial charge is 0.377 e. The lowest BCUT2D eigenvalue weighted by Crippen LogP contribution is -2.46. The third kappa shape index (κ3) is 6.73. The molecule has 0 aliphatic carbocycles. The topological polar surface area (TPSA) is 24.5 Å². The van der Waals surface area contributed by atoms with Crippen LogP contribution < -0.4 is 5.32 Å². The van der Waals surface area contributed by atoms with E-state index in [0.29, 0.717) is 12.1 Å². The molecule has 1 aliphatic heterocycles. The molecule has 3 nitrogen and oxygen atoms in total. The van der Waals surface area contributed by atoms with Gasteiger partial charge in [-0.25, -0.2) is 0 Å². The summed E-state index contributed by atoms with van der Waals surface area (Å²) >= 11 is 0. The second-order valence-corrected chi connectivity index (χ2v) is 6.22. The molecule has 1 heterocycles. The first-order valence-electron chi connectivity index (χ1n) is 8.23. The zero-order valence-electron chi connectivity index (χ0n) is 13.5. The number of ether oxygens (including phenoxy) is 1. The van der Waals surface area contributed by atoms with Gasteiger partial charge in [-0.05, 0) is 38.3 Å². The Kier molecular flexibility index (Phi) is 8.67. The molecule has 0 radical (unpaired) electrons. The Labute approximate surface area is 120 Å². The monoisotopic (exact) mass is 270 g/mol. The van der Waals surface area contributed by atoms with Crippen molar-refractivity contribution in [1.29, 1.82) is 0 Å². The molecule has 3 heteroatoms. The second kappa shape index (κ2) is 9.73. The van der Waals surface area contributed by atoms with Crippen molar-refractivity contribution in [2.24, 2.45) is 5.92 Å². The first-order valence-corrected chi connectivity index (χ1v) is 8.23. The summed E-state index contributed by atoms with van der Waals surface area (Å²) in [4.78, 5) is 2.62. The number of nitrogens with zero attached hydrogens (tertiary/aromatic N) is 1. The SMILES string of the molecule is CCCC(CNCC(C)C)N(CC)CC1CCCO1. The highest BCUT2D eigenvalue weighted by Crippen LogP contribution is 2.16. The Morgan fingerprint density at radius 3 is 2.58 bits per heavy atom. The average Bonchev–Trinajstić information content (AvgIpc) is 2.87. The minimum atomic E-state index is 0.476. The van der Waals surface area contributed by atoms with Gasteiger partial charge in [0.15, 0.2) is 0 Å². The van der Waals surface area contributed by atoms with Gasteiger partial charge in [-0.1, -0.05) is 34.1 Å². The first kappa shape index (κ1) is 16.9. The molecule has 2 atom stereocenters. The van der Waals surface area contributed by atoms with Gasteiger partial charge in [0.2, 0.25) is 0 Å². The van der Waals surface area contributed by atoms with E-state index in [4.69, 9.17) is 4.74 Å². The molecule has 1 N–H and O–H groups in total. The smallest absolute Gasteiger partial charge is 0.0702 e. The third-order valence-corrected chi connectivity index (χ3v) is 3.94. The minimum absolute atomic E-state index is 0.476. The summed E-state index contributed by atoms with van der Waals surface area (Å²) in [6.07, 6.45) is 5.51. The van der Waals surface area contributed by atoms with Gasteiger partial charge in [-0.2, -0.15) is 0 Å². The predicted octanol–water partition coefficient (Wildman–Crippen LogP) is 2.90. The Bertz CT molecular complexity index is 215. The van der Waals surface area contributed by atoms with Crippen LogP contribution in [0.25, 0.3) is 0 Å². The summed E-state index contributed by atoms with van der Waals surface area (Å²) in [6.45, 7) is 14.6. The highest BCUT2D eigenvalue weighted by Gasteiger charge is 2.23. The molecule has 0 aromatic rings. The summed E-state index contributed by atoms with van der Waals surface area (Å²) in [5.41, 5.74) is 0. The number of hydrogen-bond donors (Lipinski definition) is 1. The Morgan fingerprint density at radius 2 is 2.05 bits per heavy atom. The van der Waals surface area contributed by atoms with E-state index in [0.717, 1.165) is 38.7 Å². The molecule has 19 heavy (non-hydrogen) atoms. The van der Waals surface area contributed by atoms with Crippen LogP contribution in [-0.4, -0.2) is 49.8 Å². The van der Waals surface area contributed by atoms with E-state index < -0.39 is 0 Å². The van der Waals surface area contributed by atoms with Gasteiger partial charge in [0, 0.05) is 25.7 Å². The maximum Gasteiger partial charge on any atom is 0.0702 e. The molecule has 2 unspecified atom stereocenters. The van der Waals surface area contributed by atoms with Crippen molar-refractivity contribution < 1.29 is 4.74 Å². The lowest BCUT2D eigenvalue weighted by Gasteiger charge is -2.33. The van der Waals surface area contributed by atoms with Crippen molar-refractivity contribution in [3.63, 3.8) is 0 Å². The van der Waals surface area contributed by atoms with Crippen molar-refractivity contribution in [1.82, 2.24) is 10.2 Å². The van der Waals surface area contributed by atoms with E-state index in [9.17, 15) is 0 Å². The Balaban J connectivity index is 2.39. The molecule has 1 rings (SSSR count). The second-order valence-electron chi connectivity index (χ2n) is 6.22. The number of hydrogen-bond acceptors (Lipinski definition) is 3. The van der Waals surface area contributed by atoms with Crippen molar-refractivity contribution in [3.05, 3.63) is 0 Å². The molecule has 0 bridgehead atoms. The van der Waals surface area contributed by atoms with E-state index in [1.54, 1.807) is 0 Å². The first-order chi connectivity index (χ1) is 9.17. The van der Waals surface area contributed by atoms with Crippen molar-refractivity contribution in [2.45, 2.75) is 65.5 Å². The van der Waals surface area contributed by atoms with Gasteiger partial charge >= 0.3 is 0 Å². The van der Waals surface area contributed by atoms with Gasteiger partial charge < -0.3 is 10.1 Å². The Hall–Kier alpha value is -0.120. The maximum atomic E-state index is 5.79. The average molecular weight is 270 g/mol. The highest BCUT2D eigenvalue weighted by molar-refractivity contribution is 4.78. The molecule has 1 aliphatic rings. The standard InChI is InChI=1S/C16H34N2O/c1-5-8-15(12-17-11-14(3)4)18(6-2)13-16-9-7-10-19-16/h14-17H,5-13H2,1-4H3. The third-order valence-electron chi connectivity index (χ3n) is 3.94. The van der Waals surface area contributed by atoms with Gasteiger partial charge in [-0.3, -0.25) is 4.90 Å². The van der Waals surface area contributed by atoms with Crippen molar-refractivity contribution >= 4 is 0 Å². The van der Waals surface area contributed by atoms with E-state index in [1.165, 1.54) is 25.7 Å². The molecule has 0 aromatic carbocycles. The number of likely N-dealkylation sites (N-methyl/N-ethyl adjacent to an activating group) is 1. The van der Waals surface area contributed by atoms with Crippen LogP contribution in [0.1, 0.15) is 53.4 Å². The van der Waals surface area contributed by atoms with Crippen molar-refractivity contribution in [3.8, 4) is 0 Å². The number of nitrogens with one attached hydrogen (secondary N) is 1. The summed E-state index contributed by atoms with van der Waals surface area (Å²) in [6, 6.07) is 0.665. The zero-order valence-corrected chi connectivity index (χ0v) is 13.5. The molecule has 0 aromatic heterocycles. The summed E-state index contributed by atoms with van der Waals surface area (Å²) in [7, 11) is 0. The fourth-order valence-corrected chi connectivity index (χ4v) is 2.87. The summed E-state index contributed by atoms with van der Waals surface area (Å²) in [5, 5.41) is 3.63. The van der Waals surface area contributed by atoms with E-state index in [-0.39, 0.29) is 0 Å². The Morgan fingerprint density at radius 1 is 1.26 bits per heavy atom. The fraction of sp³-hybridized carbons (Fsp3) is 1.00. The highest BCUT2D eigenvalue weighted by atomic mass is 16.5. The molecule has 1 fully saturated rings. The van der Waals surface area contributed by atoms with E-state index >= 15 is 0 Å². The molecular weight excluding hydrogens is 236 g/mol. The minimum Gasteiger partial charge on any atom is -0.377 e. The molecule has 0 spiro atoms. The summed E-state index contributed by atoms with van der Waals surface area (Å²) in [5.74, 6) is 0.732. The fourth-order valence-electron chi connectivity index (χ4n) is 2.87. The van der Waals surface area contributed by atoms with Crippen LogP contribution in [0, 0.1) is 5.92 Å². The van der Waals surface area contributed by atoms with E-state index in [1.807, 2.05) is 0 Å². The maximum absolute atomic E-state index is 5.79. The van der Waals surface area contributed by atoms with E-state index in [2.05, 4.69) is 37.9 Å². The van der Waals surface area contributed by atoms with Gasteiger partial charge in [-0.15, -0.1) is 0 Å². The van der Waals surface area contributed by atoms with Crippen molar-refractivity contribution in [2.75, 3.05) is 32.8 Å². The molecule has 1 saturated heterocycles. The quantitative estimate of drug-likeness (QED) is 0.660. The normalized spacial score (nSPS) is 21.5. The van der Waals surface area contributed by atoms with Gasteiger partial charge in [0.25, 0.3) is 0 Å².